The lowest BCUT2D eigenvalue weighted by Gasteiger charge is -2.11. The Labute approximate surface area is 115 Å². The number of hydrogen-bond acceptors (Lipinski definition) is 3. The second kappa shape index (κ2) is 5.36. The highest BCUT2D eigenvalue weighted by atomic mass is 19.1. The maximum absolute atomic E-state index is 14.1. The van der Waals surface area contributed by atoms with Crippen LogP contribution in [-0.2, 0) is 0 Å². The third-order valence-corrected chi connectivity index (χ3v) is 2.94. The van der Waals surface area contributed by atoms with E-state index in [1.54, 1.807) is 13.0 Å². The van der Waals surface area contributed by atoms with E-state index < -0.39 is 11.6 Å². The monoisotopic (exact) mass is 277 g/mol. The van der Waals surface area contributed by atoms with E-state index in [4.69, 9.17) is 4.74 Å². The Balaban J connectivity index is 2.68. The van der Waals surface area contributed by atoms with Crippen LogP contribution in [-0.4, -0.2) is 17.9 Å². The topological polar surface area (TPSA) is 39.2 Å². The minimum Gasteiger partial charge on any atom is -0.497 e. The Morgan fingerprint density at radius 2 is 1.90 bits per heavy atom. The molecule has 0 bridgehead atoms. The number of halogens is 2. The smallest absolute Gasteiger partial charge is 0.178 e. The van der Waals surface area contributed by atoms with Crippen LogP contribution in [0.25, 0.3) is 11.3 Å². The Morgan fingerprint density at radius 3 is 2.45 bits per heavy atom. The van der Waals surface area contributed by atoms with Gasteiger partial charge in [0.1, 0.15) is 28.8 Å². The maximum atomic E-state index is 14.1. The lowest BCUT2D eigenvalue weighted by atomic mass is 10.0. The molecule has 0 aliphatic rings. The van der Waals surface area contributed by atoms with Crippen LogP contribution in [0.15, 0.2) is 24.3 Å². The second-order valence-electron chi connectivity index (χ2n) is 4.38. The predicted octanol–water partition coefficient (Wildman–Crippen LogP) is 3.55. The number of aryl methyl sites for hydroxylation is 1. The van der Waals surface area contributed by atoms with Gasteiger partial charge in [-0.25, -0.2) is 13.8 Å². The number of benzene rings is 1. The normalized spacial score (nSPS) is 10.4. The molecule has 0 fully saturated rings. The van der Waals surface area contributed by atoms with Gasteiger partial charge in [0, 0.05) is 18.6 Å². The van der Waals surface area contributed by atoms with Crippen molar-refractivity contribution in [2.45, 2.75) is 13.8 Å². The van der Waals surface area contributed by atoms with Gasteiger partial charge >= 0.3 is 0 Å². The molecule has 0 radical (unpaired) electrons. The van der Waals surface area contributed by atoms with Crippen molar-refractivity contribution < 1.29 is 18.3 Å². The molecule has 0 aliphatic heterocycles. The Kier molecular flexibility index (Phi) is 3.79. The van der Waals surface area contributed by atoms with Gasteiger partial charge in [-0.05, 0) is 30.7 Å². The quantitative estimate of drug-likeness (QED) is 0.805. The maximum Gasteiger partial charge on any atom is 0.178 e. The zero-order valence-electron chi connectivity index (χ0n) is 11.3. The van der Waals surface area contributed by atoms with Crippen LogP contribution in [0.1, 0.15) is 23.0 Å². The number of ether oxygens (including phenoxy) is 1. The number of nitrogens with zero attached hydrogens (tertiary/aromatic N) is 1. The first kappa shape index (κ1) is 14.1. The predicted molar refractivity (Wildman–Crippen MR) is 70.9 cm³/mol. The molecule has 5 heteroatoms. The zero-order chi connectivity index (χ0) is 14.9. The number of rotatable bonds is 3. The fourth-order valence-corrected chi connectivity index (χ4v) is 1.94. The van der Waals surface area contributed by atoms with Gasteiger partial charge in [-0.1, -0.05) is 0 Å². The highest BCUT2D eigenvalue weighted by molar-refractivity contribution is 5.92. The summed E-state index contributed by atoms with van der Waals surface area (Å²) >= 11 is 0. The van der Waals surface area contributed by atoms with Crippen molar-refractivity contribution in [1.29, 1.82) is 0 Å². The first-order valence-electron chi connectivity index (χ1n) is 5.96. The summed E-state index contributed by atoms with van der Waals surface area (Å²) in [5.41, 5.74) is 0.437. The molecule has 0 N–H and O–H groups in total. The Hall–Kier alpha value is -2.30. The van der Waals surface area contributed by atoms with Crippen molar-refractivity contribution in [3.63, 3.8) is 0 Å². The third-order valence-electron chi connectivity index (χ3n) is 2.94. The van der Waals surface area contributed by atoms with Gasteiger partial charge in [0.15, 0.2) is 5.78 Å². The molecule has 3 nitrogen and oxygen atoms in total. The van der Waals surface area contributed by atoms with Crippen molar-refractivity contribution in [3.05, 3.63) is 47.2 Å². The molecular weight excluding hydrogens is 264 g/mol. The molecule has 1 aromatic carbocycles. The highest BCUT2D eigenvalue weighted by Crippen LogP contribution is 2.30. The van der Waals surface area contributed by atoms with Gasteiger partial charge in [0.25, 0.3) is 0 Å². The standard InChI is InChI=1S/C15H13F2NO2/c1-8-6-10(20-3)7-12(17)14(8)15-11(16)4-5-13(18-15)9(2)19/h4-7H,1-3H3. The average molecular weight is 277 g/mol. The number of ketones is 1. The molecule has 0 amide bonds. The van der Waals surface area contributed by atoms with Crippen LogP contribution in [0.5, 0.6) is 5.75 Å². The number of carbonyl (C=O) groups is 1. The molecule has 0 unspecified atom stereocenters. The Bertz CT molecular complexity index is 661. The molecular formula is C15H13F2NO2. The van der Waals surface area contributed by atoms with Crippen LogP contribution < -0.4 is 4.74 Å². The number of aromatic nitrogens is 1. The molecule has 0 spiro atoms. The molecule has 104 valence electrons. The summed E-state index contributed by atoms with van der Waals surface area (Å²) in [6.45, 7) is 2.95. The van der Waals surface area contributed by atoms with Crippen molar-refractivity contribution in [3.8, 4) is 17.0 Å². The molecule has 2 rings (SSSR count). The van der Waals surface area contributed by atoms with Gasteiger partial charge in [0.2, 0.25) is 0 Å². The average Bonchev–Trinajstić information content (AvgIpc) is 2.39. The molecule has 1 aromatic heterocycles. The fourth-order valence-electron chi connectivity index (χ4n) is 1.94. The van der Waals surface area contributed by atoms with E-state index in [2.05, 4.69) is 4.98 Å². The number of hydrogen-bond donors (Lipinski definition) is 0. The summed E-state index contributed by atoms with van der Waals surface area (Å²) in [5.74, 6) is -1.29. The first-order valence-corrected chi connectivity index (χ1v) is 5.96. The van der Waals surface area contributed by atoms with Gasteiger partial charge in [-0.3, -0.25) is 4.79 Å². The number of methoxy groups -OCH3 is 1. The molecule has 20 heavy (non-hydrogen) atoms. The summed E-state index contributed by atoms with van der Waals surface area (Å²) in [4.78, 5) is 15.2. The van der Waals surface area contributed by atoms with E-state index in [9.17, 15) is 13.6 Å². The number of pyridine rings is 1. The van der Waals surface area contributed by atoms with E-state index in [0.29, 0.717) is 11.3 Å². The third kappa shape index (κ3) is 2.52. The fraction of sp³-hybridized carbons (Fsp3) is 0.200. The van der Waals surface area contributed by atoms with Crippen LogP contribution in [0.2, 0.25) is 0 Å². The van der Waals surface area contributed by atoms with E-state index in [1.165, 1.54) is 20.1 Å². The van der Waals surface area contributed by atoms with E-state index >= 15 is 0 Å². The summed E-state index contributed by atoms with van der Waals surface area (Å²) in [6, 6.07) is 5.13. The zero-order valence-corrected chi connectivity index (χ0v) is 11.3. The van der Waals surface area contributed by atoms with Gasteiger partial charge in [-0.2, -0.15) is 0 Å². The van der Waals surface area contributed by atoms with Crippen molar-refractivity contribution in [1.82, 2.24) is 4.98 Å². The van der Waals surface area contributed by atoms with Crippen LogP contribution in [0, 0.1) is 18.6 Å². The van der Waals surface area contributed by atoms with Gasteiger partial charge < -0.3 is 4.74 Å². The second-order valence-corrected chi connectivity index (χ2v) is 4.38. The molecule has 0 saturated carbocycles. The number of Topliss-reactive ketones (excluding diaryl/α,β-unsaturated/α-hetero) is 1. The molecule has 0 saturated heterocycles. The van der Waals surface area contributed by atoms with Gasteiger partial charge in [0.05, 0.1) is 7.11 Å². The molecule has 0 atom stereocenters. The summed E-state index contributed by atoms with van der Waals surface area (Å²) < 4.78 is 33.0. The van der Waals surface area contributed by atoms with Crippen LogP contribution in [0.4, 0.5) is 8.78 Å². The van der Waals surface area contributed by atoms with Crippen LogP contribution >= 0.6 is 0 Å². The van der Waals surface area contributed by atoms with E-state index in [-0.39, 0.29) is 22.7 Å². The highest BCUT2D eigenvalue weighted by Gasteiger charge is 2.17. The van der Waals surface area contributed by atoms with Gasteiger partial charge in [-0.15, -0.1) is 0 Å². The summed E-state index contributed by atoms with van der Waals surface area (Å²) in [5, 5.41) is 0. The van der Waals surface area contributed by atoms with Crippen molar-refractivity contribution in [2.24, 2.45) is 0 Å². The van der Waals surface area contributed by atoms with Crippen LogP contribution in [0.3, 0.4) is 0 Å². The first-order chi connectivity index (χ1) is 9.43. The summed E-state index contributed by atoms with van der Waals surface area (Å²) in [7, 11) is 1.42. The lowest BCUT2D eigenvalue weighted by Crippen LogP contribution is -2.02. The minimum absolute atomic E-state index is 0.0337. The largest absolute Gasteiger partial charge is 0.497 e. The minimum atomic E-state index is -0.679. The lowest BCUT2D eigenvalue weighted by molar-refractivity contribution is 0.101. The molecule has 2 aromatic rings. The molecule has 1 heterocycles. The Morgan fingerprint density at radius 1 is 1.20 bits per heavy atom. The van der Waals surface area contributed by atoms with E-state index in [0.717, 1.165) is 12.1 Å². The number of carbonyl (C=O) groups excluding carboxylic acids is 1. The SMILES string of the molecule is COc1cc(C)c(-c2nc(C(C)=O)ccc2F)c(F)c1. The summed E-state index contributed by atoms with van der Waals surface area (Å²) in [6.07, 6.45) is 0. The molecule has 0 aliphatic carbocycles. The van der Waals surface area contributed by atoms with E-state index in [1.807, 2.05) is 0 Å². The van der Waals surface area contributed by atoms with Crippen molar-refractivity contribution >= 4 is 5.78 Å². The van der Waals surface area contributed by atoms with Crippen molar-refractivity contribution in [2.75, 3.05) is 7.11 Å².